The smallest absolute Gasteiger partial charge is 0.0635 e. The summed E-state index contributed by atoms with van der Waals surface area (Å²) in [5.74, 6) is 0.786. The van der Waals surface area contributed by atoms with Gasteiger partial charge >= 0.3 is 0 Å². The lowest BCUT2D eigenvalue weighted by Gasteiger charge is -2.38. The number of nitrogen functional groups attached to an aromatic ring is 1. The van der Waals surface area contributed by atoms with Gasteiger partial charge in [-0.05, 0) is 49.9 Å². The zero-order valence-corrected chi connectivity index (χ0v) is 11.4. The second-order valence-electron chi connectivity index (χ2n) is 5.19. The van der Waals surface area contributed by atoms with Gasteiger partial charge in [-0.1, -0.05) is 24.6 Å². The molecule has 0 radical (unpaired) electrons. The third-order valence-electron chi connectivity index (χ3n) is 3.95. The number of hydrogen-bond donors (Lipinski definition) is 1. The summed E-state index contributed by atoms with van der Waals surface area (Å²) < 4.78 is 0. The highest BCUT2D eigenvalue weighted by atomic mass is 35.5. The first-order valence-corrected chi connectivity index (χ1v) is 6.73. The van der Waals surface area contributed by atoms with Crippen LogP contribution in [0, 0.1) is 5.92 Å². The minimum Gasteiger partial charge on any atom is -0.398 e. The summed E-state index contributed by atoms with van der Waals surface area (Å²) in [6.45, 7) is 6.83. The Labute approximate surface area is 109 Å². The fourth-order valence-corrected chi connectivity index (χ4v) is 2.69. The molecular weight excluding hydrogens is 232 g/mol. The van der Waals surface area contributed by atoms with Crippen molar-refractivity contribution >= 4 is 17.3 Å². The fraction of sp³-hybridized carbons (Fsp3) is 0.571. The van der Waals surface area contributed by atoms with Gasteiger partial charge in [-0.2, -0.15) is 0 Å². The number of nitrogens with zero attached hydrogens (tertiary/aromatic N) is 1. The highest BCUT2D eigenvalue weighted by Crippen LogP contribution is 2.26. The molecule has 1 aromatic rings. The molecule has 0 bridgehead atoms. The van der Waals surface area contributed by atoms with Crippen LogP contribution in [-0.2, 0) is 6.54 Å². The summed E-state index contributed by atoms with van der Waals surface area (Å²) in [5, 5.41) is 0.647. The van der Waals surface area contributed by atoms with Crippen LogP contribution in [0.1, 0.15) is 32.3 Å². The first-order chi connectivity index (χ1) is 8.08. The van der Waals surface area contributed by atoms with Crippen LogP contribution in [0.4, 0.5) is 5.69 Å². The summed E-state index contributed by atoms with van der Waals surface area (Å²) >= 11 is 5.94. The summed E-state index contributed by atoms with van der Waals surface area (Å²) in [7, 11) is 0. The maximum absolute atomic E-state index is 5.94. The van der Waals surface area contributed by atoms with Gasteiger partial charge in [0.25, 0.3) is 0 Å². The summed E-state index contributed by atoms with van der Waals surface area (Å²) in [6.07, 6.45) is 2.65. The lowest BCUT2D eigenvalue weighted by atomic mass is 9.92. The largest absolute Gasteiger partial charge is 0.398 e. The van der Waals surface area contributed by atoms with Crippen LogP contribution >= 0.6 is 11.6 Å². The Balaban J connectivity index is 2.07. The Morgan fingerprint density at radius 2 is 2.18 bits per heavy atom. The quantitative estimate of drug-likeness (QED) is 0.816. The van der Waals surface area contributed by atoms with Crippen LogP contribution in [0.3, 0.4) is 0 Å². The summed E-state index contributed by atoms with van der Waals surface area (Å²) in [6, 6.07) is 6.61. The molecule has 2 N–H and O–H groups in total. The Morgan fingerprint density at radius 1 is 1.41 bits per heavy atom. The number of anilines is 1. The van der Waals surface area contributed by atoms with Gasteiger partial charge in [-0.3, -0.25) is 4.90 Å². The van der Waals surface area contributed by atoms with Crippen molar-refractivity contribution in [1.82, 2.24) is 4.90 Å². The van der Waals surface area contributed by atoms with Crippen LogP contribution in [-0.4, -0.2) is 17.5 Å². The van der Waals surface area contributed by atoms with Crippen molar-refractivity contribution in [2.24, 2.45) is 5.92 Å². The maximum Gasteiger partial charge on any atom is 0.0635 e. The van der Waals surface area contributed by atoms with Gasteiger partial charge in [0.1, 0.15) is 0 Å². The molecule has 17 heavy (non-hydrogen) atoms. The molecular formula is C14H21ClN2. The van der Waals surface area contributed by atoms with E-state index in [1.165, 1.54) is 24.9 Å². The van der Waals surface area contributed by atoms with Gasteiger partial charge in [-0.25, -0.2) is 0 Å². The van der Waals surface area contributed by atoms with Gasteiger partial charge in [0, 0.05) is 12.6 Å². The predicted molar refractivity (Wildman–Crippen MR) is 74.1 cm³/mol. The van der Waals surface area contributed by atoms with Gasteiger partial charge in [-0.15, -0.1) is 0 Å². The van der Waals surface area contributed by atoms with Crippen LogP contribution in [0.25, 0.3) is 0 Å². The standard InChI is InChI=1S/C14H21ClN2/c1-10-4-3-7-17(11(10)2)9-12-5-6-13(15)14(16)8-12/h5-6,8,10-11H,3-4,7,9,16H2,1-2H3. The molecule has 3 heteroatoms. The molecule has 2 atom stereocenters. The highest BCUT2D eigenvalue weighted by Gasteiger charge is 2.24. The minimum atomic E-state index is 0.647. The Morgan fingerprint density at radius 3 is 2.88 bits per heavy atom. The molecule has 1 aromatic carbocycles. The number of rotatable bonds is 2. The second-order valence-corrected chi connectivity index (χ2v) is 5.59. The summed E-state index contributed by atoms with van der Waals surface area (Å²) in [5.41, 5.74) is 7.78. The molecule has 1 fully saturated rings. The van der Waals surface area contributed by atoms with Crippen LogP contribution in [0.5, 0.6) is 0 Å². The van der Waals surface area contributed by atoms with E-state index < -0.39 is 0 Å². The van der Waals surface area contributed by atoms with E-state index in [0.717, 1.165) is 12.5 Å². The van der Waals surface area contributed by atoms with Gasteiger partial charge in [0.05, 0.1) is 10.7 Å². The number of piperidine rings is 1. The van der Waals surface area contributed by atoms with Gasteiger partial charge in [0.15, 0.2) is 0 Å². The Hall–Kier alpha value is -0.730. The molecule has 94 valence electrons. The molecule has 1 aliphatic rings. The van der Waals surface area contributed by atoms with Crippen molar-refractivity contribution < 1.29 is 0 Å². The maximum atomic E-state index is 5.94. The SMILES string of the molecule is CC1CCCN(Cc2ccc(Cl)c(N)c2)C1C. The van der Waals surface area contributed by atoms with Crippen molar-refractivity contribution in [3.63, 3.8) is 0 Å². The van der Waals surface area contributed by atoms with Crippen molar-refractivity contribution in [3.8, 4) is 0 Å². The molecule has 0 amide bonds. The lowest BCUT2D eigenvalue weighted by Crippen LogP contribution is -2.41. The Bertz CT molecular complexity index is 392. The monoisotopic (exact) mass is 252 g/mol. The van der Waals surface area contributed by atoms with Gasteiger partial charge < -0.3 is 5.73 Å². The normalized spacial score (nSPS) is 26.1. The number of likely N-dealkylation sites (tertiary alicyclic amines) is 1. The molecule has 1 heterocycles. The first-order valence-electron chi connectivity index (χ1n) is 6.36. The van der Waals surface area contributed by atoms with Crippen molar-refractivity contribution in [1.29, 1.82) is 0 Å². The third-order valence-corrected chi connectivity index (χ3v) is 4.29. The molecule has 0 aliphatic carbocycles. The number of nitrogens with two attached hydrogens (primary N) is 1. The minimum absolute atomic E-state index is 0.647. The van der Waals surface area contributed by atoms with Crippen LogP contribution in [0.15, 0.2) is 18.2 Å². The second kappa shape index (κ2) is 5.28. The third kappa shape index (κ3) is 2.93. The molecule has 2 nitrogen and oxygen atoms in total. The highest BCUT2D eigenvalue weighted by molar-refractivity contribution is 6.33. The van der Waals surface area contributed by atoms with E-state index in [4.69, 9.17) is 17.3 Å². The lowest BCUT2D eigenvalue weighted by molar-refractivity contribution is 0.106. The fourth-order valence-electron chi connectivity index (χ4n) is 2.57. The van der Waals surface area contributed by atoms with Crippen LogP contribution in [0.2, 0.25) is 5.02 Å². The predicted octanol–water partition coefficient (Wildman–Crippen LogP) is 3.54. The molecule has 2 rings (SSSR count). The van der Waals surface area contributed by atoms with E-state index >= 15 is 0 Å². The molecule has 0 aromatic heterocycles. The zero-order chi connectivity index (χ0) is 12.4. The van der Waals surface area contributed by atoms with E-state index in [9.17, 15) is 0 Å². The van der Waals surface area contributed by atoms with Crippen molar-refractivity contribution in [3.05, 3.63) is 28.8 Å². The number of benzene rings is 1. The van der Waals surface area contributed by atoms with E-state index in [-0.39, 0.29) is 0 Å². The van der Waals surface area contributed by atoms with E-state index in [1.54, 1.807) is 0 Å². The van der Waals surface area contributed by atoms with Gasteiger partial charge in [0.2, 0.25) is 0 Å². The van der Waals surface area contributed by atoms with E-state index in [1.807, 2.05) is 12.1 Å². The van der Waals surface area contributed by atoms with Crippen molar-refractivity contribution in [2.75, 3.05) is 12.3 Å². The molecule has 0 saturated carbocycles. The summed E-state index contributed by atoms with van der Waals surface area (Å²) in [4.78, 5) is 2.54. The molecule has 2 unspecified atom stereocenters. The first kappa shape index (κ1) is 12.7. The molecule has 1 aliphatic heterocycles. The topological polar surface area (TPSA) is 29.3 Å². The average molecular weight is 253 g/mol. The number of halogens is 1. The average Bonchev–Trinajstić information content (AvgIpc) is 2.30. The van der Waals surface area contributed by atoms with Crippen LogP contribution < -0.4 is 5.73 Å². The molecule has 0 spiro atoms. The van der Waals surface area contributed by atoms with Crippen molar-refractivity contribution in [2.45, 2.75) is 39.3 Å². The van der Waals surface area contributed by atoms with E-state index in [2.05, 4.69) is 24.8 Å². The Kier molecular flexibility index (Phi) is 3.95. The van der Waals surface area contributed by atoms with E-state index in [0.29, 0.717) is 16.8 Å². The zero-order valence-electron chi connectivity index (χ0n) is 10.6. The number of hydrogen-bond acceptors (Lipinski definition) is 2. The molecule has 1 saturated heterocycles.